The molecule has 0 aliphatic heterocycles. The number of aryl methyl sites for hydroxylation is 1. The summed E-state index contributed by atoms with van der Waals surface area (Å²) in [5.74, 6) is 1.50. The number of benzene rings is 1. The van der Waals surface area contributed by atoms with Gasteiger partial charge in [-0.05, 0) is 37.6 Å². The number of hydrogen-bond donors (Lipinski definition) is 2. The molecule has 0 saturated heterocycles. The van der Waals surface area contributed by atoms with Crippen LogP contribution in [0.2, 0.25) is 0 Å². The van der Waals surface area contributed by atoms with Gasteiger partial charge in [0.15, 0.2) is 11.5 Å². The van der Waals surface area contributed by atoms with Crippen LogP contribution in [0.4, 0.5) is 0 Å². The molecule has 0 amide bonds. The van der Waals surface area contributed by atoms with E-state index in [2.05, 4.69) is 12.2 Å². The zero-order valence-corrected chi connectivity index (χ0v) is 11.4. The van der Waals surface area contributed by atoms with Crippen LogP contribution in [0.1, 0.15) is 18.9 Å². The molecular weight excluding hydrogens is 230 g/mol. The van der Waals surface area contributed by atoms with Gasteiger partial charge < -0.3 is 19.9 Å². The van der Waals surface area contributed by atoms with Crippen LogP contribution < -0.4 is 14.8 Å². The number of hydrogen-bond acceptors (Lipinski definition) is 4. The molecule has 0 radical (unpaired) electrons. The molecule has 2 N–H and O–H groups in total. The third-order valence-electron chi connectivity index (χ3n) is 2.96. The predicted molar refractivity (Wildman–Crippen MR) is 72.4 cm³/mol. The molecule has 0 heterocycles. The van der Waals surface area contributed by atoms with Crippen molar-refractivity contribution in [3.05, 3.63) is 23.8 Å². The second-order valence-corrected chi connectivity index (χ2v) is 4.15. The van der Waals surface area contributed by atoms with Gasteiger partial charge in [0.25, 0.3) is 0 Å². The first-order chi connectivity index (χ1) is 8.74. The first-order valence-corrected chi connectivity index (χ1v) is 6.33. The molecule has 0 aromatic heterocycles. The van der Waals surface area contributed by atoms with E-state index in [0.29, 0.717) is 13.0 Å². The normalized spacial score (nSPS) is 12.2. The number of nitrogens with one attached hydrogen (secondary N) is 1. The molecule has 0 aliphatic carbocycles. The highest BCUT2D eigenvalue weighted by molar-refractivity contribution is 5.42. The van der Waals surface area contributed by atoms with Gasteiger partial charge in [0.05, 0.1) is 7.11 Å². The molecule has 0 bridgehead atoms. The van der Waals surface area contributed by atoms with Gasteiger partial charge in [-0.2, -0.15) is 0 Å². The largest absolute Gasteiger partial charge is 0.493 e. The lowest BCUT2D eigenvalue weighted by molar-refractivity contribution is 0.214. The van der Waals surface area contributed by atoms with Crippen molar-refractivity contribution in [1.82, 2.24) is 5.32 Å². The average molecular weight is 253 g/mol. The summed E-state index contributed by atoms with van der Waals surface area (Å²) in [6.07, 6.45) is 1.64. The van der Waals surface area contributed by atoms with Crippen LogP contribution in [0.5, 0.6) is 11.5 Å². The molecule has 18 heavy (non-hydrogen) atoms. The van der Waals surface area contributed by atoms with Crippen molar-refractivity contribution in [1.29, 1.82) is 0 Å². The molecule has 4 nitrogen and oxygen atoms in total. The number of aliphatic hydroxyl groups excluding tert-OH is 1. The third-order valence-corrected chi connectivity index (χ3v) is 2.96. The lowest BCUT2D eigenvalue weighted by atomic mass is 10.1. The van der Waals surface area contributed by atoms with Crippen molar-refractivity contribution in [2.75, 3.05) is 27.4 Å². The van der Waals surface area contributed by atoms with Gasteiger partial charge in [0.1, 0.15) is 6.61 Å². The Morgan fingerprint density at radius 3 is 2.67 bits per heavy atom. The standard InChI is InChI=1S/C14H23NO3/c1-4-11-5-6-13(14(9-11)17-3)18-10-12(15-2)7-8-16/h5-6,9,12,15-16H,4,7-8,10H2,1-3H3. The van der Waals surface area contributed by atoms with Gasteiger partial charge in [-0.25, -0.2) is 0 Å². The van der Waals surface area contributed by atoms with Crippen molar-refractivity contribution in [3.63, 3.8) is 0 Å². The minimum atomic E-state index is 0.144. The van der Waals surface area contributed by atoms with E-state index < -0.39 is 0 Å². The number of methoxy groups -OCH3 is 1. The minimum Gasteiger partial charge on any atom is -0.493 e. The molecule has 0 aliphatic rings. The van der Waals surface area contributed by atoms with Crippen LogP contribution >= 0.6 is 0 Å². The number of likely N-dealkylation sites (N-methyl/N-ethyl adjacent to an activating group) is 1. The van der Waals surface area contributed by atoms with Crippen molar-refractivity contribution >= 4 is 0 Å². The molecule has 0 saturated carbocycles. The molecule has 1 unspecified atom stereocenters. The minimum absolute atomic E-state index is 0.144. The van der Waals surface area contributed by atoms with Crippen LogP contribution in [0, 0.1) is 0 Å². The summed E-state index contributed by atoms with van der Waals surface area (Å²) in [6.45, 7) is 2.77. The maximum absolute atomic E-state index is 8.91. The van der Waals surface area contributed by atoms with E-state index in [1.165, 1.54) is 5.56 Å². The quantitative estimate of drug-likeness (QED) is 0.739. The van der Waals surface area contributed by atoms with E-state index in [0.717, 1.165) is 17.9 Å². The summed E-state index contributed by atoms with van der Waals surface area (Å²) < 4.78 is 11.1. The molecule has 0 fully saturated rings. The van der Waals surface area contributed by atoms with Crippen LogP contribution in [0.25, 0.3) is 0 Å². The summed E-state index contributed by atoms with van der Waals surface area (Å²) in [7, 11) is 3.51. The number of rotatable bonds is 8. The highest BCUT2D eigenvalue weighted by Gasteiger charge is 2.09. The van der Waals surface area contributed by atoms with Crippen LogP contribution in [-0.2, 0) is 6.42 Å². The second kappa shape index (κ2) is 7.95. The number of ether oxygens (including phenoxy) is 2. The molecular formula is C14H23NO3. The summed E-state index contributed by atoms with van der Waals surface area (Å²) in [6, 6.07) is 6.11. The summed E-state index contributed by atoms with van der Waals surface area (Å²) >= 11 is 0. The van der Waals surface area contributed by atoms with Gasteiger partial charge >= 0.3 is 0 Å². The van der Waals surface area contributed by atoms with Gasteiger partial charge in [-0.15, -0.1) is 0 Å². The van der Waals surface area contributed by atoms with E-state index in [4.69, 9.17) is 14.6 Å². The summed E-state index contributed by atoms with van der Waals surface area (Å²) in [4.78, 5) is 0. The Morgan fingerprint density at radius 2 is 2.11 bits per heavy atom. The SMILES string of the molecule is CCc1ccc(OCC(CCO)NC)c(OC)c1. The molecule has 102 valence electrons. The fraction of sp³-hybridized carbons (Fsp3) is 0.571. The molecule has 4 heteroatoms. The topological polar surface area (TPSA) is 50.7 Å². The Hall–Kier alpha value is -1.26. The van der Waals surface area contributed by atoms with Crippen LogP contribution in [0.3, 0.4) is 0 Å². The van der Waals surface area contributed by atoms with Crippen molar-refractivity contribution in [2.45, 2.75) is 25.8 Å². The fourth-order valence-corrected chi connectivity index (χ4v) is 1.71. The molecule has 1 rings (SSSR count). The molecule has 1 atom stereocenters. The van der Waals surface area contributed by atoms with Crippen molar-refractivity contribution < 1.29 is 14.6 Å². The number of aliphatic hydroxyl groups is 1. The Kier molecular flexibility index (Phi) is 6.54. The average Bonchev–Trinajstić information content (AvgIpc) is 2.43. The van der Waals surface area contributed by atoms with Gasteiger partial charge in [0, 0.05) is 12.6 Å². The lowest BCUT2D eigenvalue weighted by Crippen LogP contribution is -2.32. The predicted octanol–water partition coefficient (Wildman–Crippen LogP) is 1.61. The first kappa shape index (κ1) is 14.8. The zero-order valence-electron chi connectivity index (χ0n) is 11.4. The Balaban J connectivity index is 2.65. The summed E-state index contributed by atoms with van der Waals surface area (Å²) in [5, 5.41) is 12.0. The Bertz CT molecular complexity index is 355. The molecule has 1 aromatic carbocycles. The van der Waals surface area contributed by atoms with E-state index in [1.54, 1.807) is 7.11 Å². The van der Waals surface area contributed by atoms with E-state index >= 15 is 0 Å². The fourth-order valence-electron chi connectivity index (χ4n) is 1.71. The van der Waals surface area contributed by atoms with Gasteiger partial charge in [0.2, 0.25) is 0 Å². The van der Waals surface area contributed by atoms with Gasteiger partial charge in [-0.1, -0.05) is 13.0 Å². The smallest absolute Gasteiger partial charge is 0.161 e. The third kappa shape index (κ3) is 4.20. The monoisotopic (exact) mass is 253 g/mol. The summed E-state index contributed by atoms with van der Waals surface area (Å²) in [5.41, 5.74) is 1.22. The highest BCUT2D eigenvalue weighted by Crippen LogP contribution is 2.28. The highest BCUT2D eigenvalue weighted by atomic mass is 16.5. The van der Waals surface area contributed by atoms with E-state index in [-0.39, 0.29) is 12.6 Å². The maximum atomic E-state index is 8.91. The van der Waals surface area contributed by atoms with E-state index in [1.807, 2.05) is 25.2 Å². The molecule has 0 spiro atoms. The Labute approximate surface area is 109 Å². The molecule has 1 aromatic rings. The maximum Gasteiger partial charge on any atom is 0.161 e. The Morgan fingerprint density at radius 1 is 1.33 bits per heavy atom. The van der Waals surface area contributed by atoms with E-state index in [9.17, 15) is 0 Å². The van der Waals surface area contributed by atoms with Gasteiger partial charge in [-0.3, -0.25) is 0 Å². The lowest BCUT2D eigenvalue weighted by Gasteiger charge is -2.17. The second-order valence-electron chi connectivity index (χ2n) is 4.15. The van der Waals surface area contributed by atoms with Crippen molar-refractivity contribution in [3.8, 4) is 11.5 Å². The zero-order chi connectivity index (χ0) is 13.4. The first-order valence-electron chi connectivity index (χ1n) is 6.33. The van der Waals surface area contributed by atoms with Crippen LogP contribution in [-0.4, -0.2) is 38.5 Å². The van der Waals surface area contributed by atoms with Crippen LogP contribution in [0.15, 0.2) is 18.2 Å². The van der Waals surface area contributed by atoms with Crippen molar-refractivity contribution in [2.24, 2.45) is 0 Å².